The number of carboxylic acid groups (broad SMARTS) is 1. The van der Waals surface area contributed by atoms with Gasteiger partial charge in [0.1, 0.15) is 5.41 Å². The topological polar surface area (TPSA) is 69.6 Å². The Bertz CT molecular complexity index is 498. The van der Waals surface area contributed by atoms with Crippen molar-refractivity contribution in [2.24, 2.45) is 0 Å². The molecule has 1 aliphatic rings. The van der Waals surface area contributed by atoms with Crippen LogP contribution in [0.25, 0.3) is 0 Å². The minimum Gasteiger partial charge on any atom is -0.481 e. The second-order valence-electron chi connectivity index (χ2n) is 5.71. The number of rotatable bonds is 4. The van der Waals surface area contributed by atoms with E-state index in [9.17, 15) is 14.7 Å². The van der Waals surface area contributed by atoms with Crippen molar-refractivity contribution in [3.63, 3.8) is 0 Å². The van der Waals surface area contributed by atoms with Crippen LogP contribution in [0.5, 0.6) is 0 Å². The Labute approximate surface area is 125 Å². The smallest absolute Gasteiger partial charge is 0.317 e. The number of urea groups is 1. The first-order valence-corrected chi connectivity index (χ1v) is 7.36. The monoisotopic (exact) mass is 290 g/mol. The summed E-state index contributed by atoms with van der Waals surface area (Å²) in [6.45, 7) is 3.23. The molecular formula is C16H22N2O3. The van der Waals surface area contributed by atoms with Crippen LogP contribution in [0.15, 0.2) is 30.3 Å². The van der Waals surface area contributed by atoms with E-state index in [-0.39, 0.29) is 12.6 Å². The Morgan fingerprint density at radius 3 is 2.38 bits per heavy atom. The van der Waals surface area contributed by atoms with Crippen molar-refractivity contribution in [2.75, 3.05) is 19.6 Å². The third kappa shape index (κ3) is 3.54. The average molecular weight is 290 g/mol. The molecule has 0 saturated carbocycles. The first kappa shape index (κ1) is 15.4. The number of carboxylic acids is 1. The third-order valence-electron chi connectivity index (χ3n) is 4.12. The lowest BCUT2D eigenvalue weighted by molar-refractivity contribution is -0.142. The number of benzene rings is 1. The van der Waals surface area contributed by atoms with Gasteiger partial charge in [-0.3, -0.25) is 4.79 Å². The van der Waals surface area contributed by atoms with Crippen LogP contribution < -0.4 is 5.32 Å². The molecule has 0 aromatic heterocycles. The van der Waals surface area contributed by atoms with E-state index in [4.69, 9.17) is 0 Å². The van der Waals surface area contributed by atoms with Crippen LogP contribution in [0.1, 0.15) is 31.7 Å². The molecule has 114 valence electrons. The van der Waals surface area contributed by atoms with Gasteiger partial charge < -0.3 is 15.3 Å². The predicted octanol–water partition coefficient (Wildman–Crippen LogP) is 2.22. The van der Waals surface area contributed by atoms with Crippen LogP contribution in [0.2, 0.25) is 0 Å². The zero-order chi connectivity index (χ0) is 15.3. The van der Waals surface area contributed by atoms with Crippen molar-refractivity contribution in [1.82, 2.24) is 10.2 Å². The molecular weight excluding hydrogens is 268 g/mol. The van der Waals surface area contributed by atoms with Crippen molar-refractivity contribution < 1.29 is 14.7 Å². The van der Waals surface area contributed by atoms with Crippen molar-refractivity contribution in [1.29, 1.82) is 0 Å². The molecule has 5 nitrogen and oxygen atoms in total. The Hall–Kier alpha value is -2.04. The molecule has 2 N–H and O–H groups in total. The molecule has 2 rings (SSSR count). The number of hydrogen-bond donors (Lipinski definition) is 2. The summed E-state index contributed by atoms with van der Waals surface area (Å²) in [5, 5.41) is 12.3. The van der Waals surface area contributed by atoms with Crippen LogP contribution in [0, 0.1) is 0 Å². The second kappa shape index (κ2) is 6.61. The lowest BCUT2D eigenvalue weighted by Crippen LogP contribution is -2.49. The summed E-state index contributed by atoms with van der Waals surface area (Å²) in [5.74, 6) is -0.937. The molecule has 1 heterocycles. The van der Waals surface area contributed by atoms with Gasteiger partial charge in [0.25, 0.3) is 0 Å². The summed E-state index contributed by atoms with van der Waals surface area (Å²) in [6, 6.07) is 8.85. The largest absolute Gasteiger partial charge is 0.481 e. The van der Waals surface area contributed by atoms with Crippen molar-refractivity contribution >= 4 is 12.0 Å². The van der Waals surface area contributed by atoms with Gasteiger partial charge >= 0.3 is 12.0 Å². The van der Waals surface area contributed by atoms with Gasteiger partial charge in [0.15, 0.2) is 0 Å². The van der Waals surface area contributed by atoms with Gasteiger partial charge in [-0.15, -0.1) is 0 Å². The van der Waals surface area contributed by atoms with Crippen molar-refractivity contribution in [2.45, 2.75) is 31.6 Å². The molecule has 1 aliphatic heterocycles. The lowest BCUT2D eigenvalue weighted by atomic mass is 9.82. The maximum absolute atomic E-state index is 12.1. The molecule has 5 heteroatoms. The highest BCUT2D eigenvalue weighted by Crippen LogP contribution is 2.23. The average Bonchev–Trinajstić information content (AvgIpc) is 2.53. The highest BCUT2D eigenvalue weighted by Gasteiger charge is 2.36. The summed E-state index contributed by atoms with van der Waals surface area (Å²) in [4.78, 5) is 25.5. The first-order valence-electron chi connectivity index (χ1n) is 7.36. The molecule has 21 heavy (non-hydrogen) atoms. The number of amides is 2. The van der Waals surface area contributed by atoms with Crippen LogP contribution in [0.4, 0.5) is 4.79 Å². The highest BCUT2D eigenvalue weighted by molar-refractivity contribution is 5.83. The summed E-state index contributed by atoms with van der Waals surface area (Å²) >= 11 is 0. The number of carbonyl (C=O) groups is 2. The van der Waals surface area contributed by atoms with E-state index >= 15 is 0 Å². The van der Waals surface area contributed by atoms with Crippen molar-refractivity contribution in [3.8, 4) is 0 Å². The molecule has 1 fully saturated rings. The van der Waals surface area contributed by atoms with Gasteiger partial charge in [-0.2, -0.15) is 0 Å². The molecule has 0 spiro atoms. The van der Waals surface area contributed by atoms with Gasteiger partial charge in [0.2, 0.25) is 0 Å². The van der Waals surface area contributed by atoms with Gasteiger partial charge in [-0.1, -0.05) is 30.3 Å². The van der Waals surface area contributed by atoms with Crippen LogP contribution >= 0.6 is 0 Å². The Kier molecular flexibility index (Phi) is 4.83. The minimum atomic E-state index is -1.12. The molecule has 1 atom stereocenters. The van der Waals surface area contributed by atoms with Crippen molar-refractivity contribution in [3.05, 3.63) is 35.9 Å². The van der Waals surface area contributed by atoms with E-state index in [2.05, 4.69) is 5.32 Å². The third-order valence-corrected chi connectivity index (χ3v) is 4.12. The number of nitrogens with one attached hydrogen (secondary N) is 1. The highest BCUT2D eigenvalue weighted by atomic mass is 16.4. The summed E-state index contributed by atoms with van der Waals surface area (Å²) in [6.07, 6.45) is 3.19. The summed E-state index contributed by atoms with van der Waals surface area (Å²) in [5.41, 5.74) is -0.427. The molecule has 0 bridgehead atoms. The molecule has 1 aromatic rings. The number of piperidine rings is 1. The molecule has 1 aromatic carbocycles. The quantitative estimate of drug-likeness (QED) is 0.893. The number of nitrogens with zero attached hydrogens (tertiary/aromatic N) is 1. The Balaban J connectivity index is 2.03. The number of carbonyl (C=O) groups excluding carboxylic acids is 1. The normalized spacial score (nSPS) is 17.9. The second-order valence-corrected chi connectivity index (χ2v) is 5.71. The zero-order valence-electron chi connectivity index (χ0n) is 12.3. The maximum atomic E-state index is 12.1. The van der Waals surface area contributed by atoms with Gasteiger partial charge in [0.05, 0.1) is 0 Å². The van der Waals surface area contributed by atoms with Gasteiger partial charge in [-0.25, -0.2) is 4.79 Å². The number of likely N-dealkylation sites (tertiary alicyclic amines) is 1. The predicted molar refractivity (Wildman–Crippen MR) is 80.3 cm³/mol. The molecule has 0 aliphatic carbocycles. The molecule has 1 saturated heterocycles. The van der Waals surface area contributed by atoms with E-state index < -0.39 is 11.4 Å². The molecule has 0 radical (unpaired) electrons. The molecule has 1 unspecified atom stereocenters. The Morgan fingerprint density at radius 2 is 1.81 bits per heavy atom. The maximum Gasteiger partial charge on any atom is 0.317 e. The van der Waals surface area contributed by atoms with E-state index in [0.717, 1.165) is 32.4 Å². The van der Waals surface area contributed by atoms with Gasteiger partial charge in [0, 0.05) is 19.6 Å². The molecule has 2 amide bonds. The standard InChI is InChI=1S/C16H22N2O3/c1-16(14(19)20,13-8-4-2-5-9-13)12-17-15(21)18-10-6-3-7-11-18/h2,4-5,8-9H,3,6-7,10-12H2,1H3,(H,17,21)(H,19,20). The van der Waals surface area contributed by atoms with Crippen LogP contribution in [-0.4, -0.2) is 41.6 Å². The zero-order valence-corrected chi connectivity index (χ0v) is 12.3. The fraction of sp³-hybridized carbons (Fsp3) is 0.500. The fourth-order valence-electron chi connectivity index (χ4n) is 2.57. The van der Waals surface area contributed by atoms with E-state index in [1.165, 1.54) is 0 Å². The first-order chi connectivity index (χ1) is 10.0. The number of hydrogen-bond acceptors (Lipinski definition) is 2. The van der Waals surface area contributed by atoms with E-state index in [1.54, 1.807) is 24.0 Å². The lowest BCUT2D eigenvalue weighted by Gasteiger charge is -2.30. The van der Waals surface area contributed by atoms with Crippen LogP contribution in [-0.2, 0) is 10.2 Å². The SMILES string of the molecule is CC(CNC(=O)N1CCCCC1)(C(=O)O)c1ccccc1. The van der Waals surface area contributed by atoms with Gasteiger partial charge in [-0.05, 0) is 31.7 Å². The van der Waals surface area contributed by atoms with E-state index in [1.807, 2.05) is 18.2 Å². The Morgan fingerprint density at radius 1 is 1.19 bits per heavy atom. The number of aliphatic carboxylic acids is 1. The summed E-state index contributed by atoms with van der Waals surface area (Å²) in [7, 11) is 0. The van der Waals surface area contributed by atoms with Crippen LogP contribution in [0.3, 0.4) is 0 Å². The fourth-order valence-corrected chi connectivity index (χ4v) is 2.57. The van der Waals surface area contributed by atoms with E-state index in [0.29, 0.717) is 5.56 Å². The summed E-state index contributed by atoms with van der Waals surface area (Å²) < 4.78 is 0. The minimum absolute atomic E-state index is 0.0850.